The Hall–Kier alpha value is -2.64. The van der Waals surface area contributed by atoms with Crippen LogP contribution in [-0.4, -0.2) is 37.8 Å². The van der Waals surface area contributed by atoms with Crippen LogP contribution in [0.5, 0.6) is 0 Å². The first kappa shape index (κ1) is 17.8. The summed E-state index contributed by atoms with van der Waals surface area (Å²) in [6.45, 7) is 1.08. The molecule has 2 heterocycles. The number of H-pyrrole nitrogens is 1. The smallest absolute Gasteiger partial charge is 0.240 e. The fraction of sp³-hybridized carbons (Fsp3) is 0.250. The third-order valence-corrected chi connectivity index (χ3v) is 6.55. The first-order valence-corrected chi connectivity index (χ1v) is 10.3. The maximum absolute atomic E-state index is 12.8. The van der Waals surface area contributed by atoms with Crippen LogP contribution in [0, 0.1) is 0 Å². The first-order chi connectivity index (χ1) is 13.0. The van der Waals surface area contributed by atoms with Gasteiger partial charge in [0.2, 0.25) is 15.9 Å². The van der Waals surface area contributed by atoms with Gasteiger partial charge in [-0.3, -0.25) is 4.79 Å². The van der Waals surface area contributed by atoms with E-state index >= 15 is 0 Å². The van der Waals surface area contributed by atoms with Gasteiger partial charge in [0.15, 0.2) is 0 Å². The number of hydrogen-bond acceptors (Lipinski definition) is 3. The molecule has 3 aromatic rings. The van der Waals surface area contributed by atoms with Crippen molar-refractivity contribution >= 4 is 26.8 Å². The number of carbonyl (C=O) groups excluding carboxylic acids is 1. The van der Waals surface area contributed by atoms with Crippen LogP contribution in [-0.2, 0) is 34.2 Å². The highest BCUT2D eigenvalue weighted by atomic mass is 32.2. The van der Waals surface area contributed by atoms with Crippen LogP contribution in [0.3, 0.4) is 0 Å². The van der Waals surface area contributed by atoms with Crippen LogP contribution in [0.25, 0.3) is 10.9 Å². The number of nitrogens with zero attached hydrogens (tertiary/aromatic N) is 1. The van der Waals surface area contributed by atoms with E-state index in [4.69, 9.17) is 0 Å². The van der Waals surface area contributed by atoms with Gasteiger partial charge < -0.3 is 9.88 Å². The molecule has 0 unspecified atom stereocenters. The fourth-order valence-electron chi connectivity index (χ4n) is 3.58. The first-order valence-electron chi connectivity index (χ1n) is 8.86. The minimum Gasteiger partial charge on any atom is -0.361 e. The van der Waals surface area contributed by atoms with Gasteiger partial charge in [-0.25, -0.2) is 13.1 Å². The largest absolute Gasteiger partial charge is 0.361 e. The zero-order valence-corrected chi connectivity index (χ0v) is 15.8. The number of amides is 1. The SMILES string of the molecule is CNS(=O)(=O)c1ccc2c(c1)CN(C(=O)Cc1c[nH]c3ccccc13)CC2. The van der Waals surface area contributed by atoms with Crippen molar-refractivity contribution in [3.05, 3.63) is 65.4 Å². The molecule has 4 rings (SSSR count). The molecule has 7 heteroatoms. The van der Waals surface area contributed by atoms with Gasteiger partial charge in [-0.2, -0.15) is 0 Å². The van der Waals surface area contributed by atoms with Crippen molar-refractivity contribution in [2.24, 2.45) is 0 Å². The van der Waals surface area contributed by atoms with Crippen molar-refractivity contribution in [2.45, 2.75) is 24.3 Å². The molecule has 0 saturated carbocycles. The topological polar surface area (TPSA) is 82.3 Å². The molecular formula is C20H21N3O3S. The third-order valence-electron chi connectivity index (χ3n) is 5.14. The fourth-order valence-corrected chi connectivity index (χ4v) is 4.36. The minimum atomic E-state index is -3.49. The highest BCUT2D eigenvalue weighted by Gasteiger charge is 2.23. The maximum atomic E-state index is 12.8. The number of aromatic amines is 1. The third kappa shape index (κ3) is 3.36. The van der Waals surface area contributed by atoms with Crippen molar-refractivity contribution in [1.82, 2.24) is 14.6 Å². The second kappa shape index (κ2) is 6.83. The molecule has 0 saturated heterocycles. The molecule has 0 spiro atoms. The van der Waals surface area contributed by atoms with Crippen LogP contribution < -0.4 is 4.72 Å². The molecule has 2 N–H and O–H groups in total. The monoisotopic (exact) mass is 383 g/mol. The Kier molecular flexibility index (Phi) is 4.49. The number of para-hydroxylation sites is 1. The summed E-state index contributed by atoms with van der Waals surface area (Å²) in [5.41, 5.74) is 3.99. The van der Waals surface area contributed by atoms with E-state index in [9.17, 15) is 13.2 Å². The summed E-state index contributed by atoms with van der Waals surface area (Å²) in [6, 6.07) is 13.1. The molecule has 0 radical (unpaired) electrons. The molecule has 1 aromatic heterocycles. The number of benzene rings is 2. The molecule has 0 bridgehead atoms. The van der Waals surface area contributed by atoms with E-state index in [1.165, 1.54) is 7.05 Å². The lowest BCUT2D eigenvalue weighted by atomic mass is 9.99. The second-order valence-corrected chi connectivity index (χ2v) is 8.63. The molecule has 1 aliphatic heterocycles. The van der Waals surface area contributed by atoms with Crippen LogP contribution in [0.4, 0.5) is 0 Å². The van der Waals surface area contributed by atoms with E-state index in [1.54, 1.807) is 17.0 Å². The molecule has 1 amide bonds. The van der Waals surface area contributed by atoms with Gasteiger partial charge in [0.25, 0.3) is 0 Å². The Labute approximate surface area is 158 Å². The lowest BCUT2D eigenvalue weighted by Crippen LogP contribution is -2.37. The number of nitrogens with one attached hydrogen (secondary N) is 2. The second-order valence-electron chi connectivity index (χ2n) is 6.74. The van der Waals surface area contributed by atoms with Crippen molar-refractivity contribution in [3.8, 4) is 0 Å². The highest BCUT2D eigenvalue weighted by Crippen LogP contribution is 2.24. The summed E-state index contributed by atoms with van der Waals surface area (Å²) in [4.78, 5) is 18.1. The number of hydrogen-bond donors (Lipinski definition) is 2. The molecular weight excluding hydrogens is 362 g/mol. The molecule has 2 aromatic carbocycles. The number of carbonyl (C=O) groups is 1. The average molecular weight is 383 g/mol. The lowest BCUT2D eigenvalue weighted by molar-refractivity contribution is -0.131. The van der Waals surface area contributed by atoms with Crippen molar-refractivity contribution in [3.63, 3.8) is 0 Å². The Balaban J connectivity index is 1.55. The van der Waals surface area contributed by atoms with E-state index < -0.39 is 10.0 Å². The van der Waals surface area contributed by atoms with Gasteiger partial charge in [0, 0.05) is 30.2 Å². The maximum Gasteiger partial charge on any atom is 0.240 e. The summed E-state index contributed by atoms with van der Waals surface area (Å²) >= 11 is 0. The zero-order valence-electron chi connectivity index (χ0n) is 15.0. The van der Waals surface area contributed by atoms with Crippen molar-refractivity contribution in [2.75, 3.05) is 13.6 Å². The van der Waals surface area contributed by atoms with E-state index in [0.717, 1.165) is 34.0 Å². The zero-order chi connectivity index (χ0) is 19.0. The Bertz CT molecular complexity index is 1120. The predicted octanol–water partition coefficient (Wildman–Crippen LogP) is 2.20. The van der Waals surface area contributed by atoms with E-state index in [2.05, 4.69) is 9.71 Å². The molecule has 1 aliphatic rings. The lowest BCUT2D eigenvalue weighted by Gasteiger charge is -2.29. The summed E-state index contributed by atoms with van der Waals surface area (Å²) in [7, 11) is -2.10. The molecule has 140 valence electrons. The highest BCUT2D eigenvalue weighted by molar-refractivity contribution is 7.89. The number of sulfonamides is 1. The molecule has 0 fully saturated rings. The summed E-state index contributed by atoms with van der Waals surface area (Å²) in [5.74, 6) is 0.0484. The van der Waals surface area contributed by atoms with Gasteiger partial charge in [0.05, 0.1) is 11.3 Å². The van der Waals surface area contributed by atoms with E-state index in [-0.39, 0.29) is 10.8 Å². The predicted molar refractivity (Wildman–Crippen MR) is 104 cm³/mol. The summed E-state index contributed by atoms with van der Waals surface area (Å²) in [5, 5.41) is 1.06. The van der Waals surface area contributed by atoms with E-state index in [0.29, 0.717) is 19.5 Å². The minimum absolute atomic E-state index is 0.0484. The Morgan fingerprint density at radius 1 is 1.19 bits per heavy atom. The van der Waals surface area contributed by atoms with Crippen LogP contribution in [0.15, 0.2) is 53.6 Å². The average Bonchev–Trinajstić information content (AvgIpc) is 3.10. The number of rotatable bonds is 4. The number of aromatic nitrogens is 1. The summed E-state index contributed by atoms with van der Waals surface area (Å²) in [6.07, 6.45) is 2.95. The summed E-state index contributed by atoms with van der Waals surface area (Å²) < 4.78 is 26.4. The van der Waals surface area contributed by atoms with Gasteiger partial charge in [-0.15, -0.1) is 0 Å². The molecule has 27 heavy (non-hydrogen) atoms. The standard InChI is InChI=1S/C20H21N3O3S/c1-21-27(25,26)17-7-6-14-8-9-23(13-16(14)10-17)20(24)11-15-12-22-19-5-3-2-4-18(15)19/h2-7,10,12,21-22H,8-9,11,13H2,1H3. The Morgan fingerprint density at radius 2 is 2.00 bits per heavy atom. The van der Waals surface area contributed by atoms with Gasteiger partial charge in [-0.1, -0.05) is 24.3 Å². The van der Waals surface area contributed by atoms with Crippen molar-refractivity contribution < 1.29 is 13.2 Å². The van der Waals surface area contributed by atoms with Gasteiger partial charge in [0.1, 0.15) is 0 Å². The van der Waals surface area contributed by atoms with Crippen LogP contribution >= 0.6 is 0 Å². The molecule has 0 atom stereocenters. The van der Waals surface area contributed by atoms with Gasteiger partial charge >= 0.3 is 0 Å². The normalized spacial score (nSPS) is 14.3. The van der Waals surface area contributed by atoms with Crippen LogP contribution in [0.1, 0.15) is 16.7 Å². The Morgan fingerprint density at radius 3 is 2.81 bits per heavy atom. The van der Waals surface area contributed by atoms with E-state index in [1.807, 2.05) is 36.5 Å². The van der Waals surface area contributed by atoms with Crippen LogP contribution in [0.2, 0.25) is 0 Å². The number of fused-ring (bicyclic) bond motifs is 2. The van der Waals surface area contributed by atoms with Crippen molar-refractivity contribution in [1.29, 1.82) is 0 Å². The molecule has 0 aliphatic carbocycles. The van der Waals surface area contributed by atoms with Gasteiger partial charge in [-0.05, 0) is 48.4 Å². The quantitative estimate of drug-likeness (QED) is 0.725. The molecule has 6 nitrogen and oxygen atoms in total.